The quantitative estimate of drug-likeness (QED) is 0.591. The molecule has 22 heavy (non-hydrogen) atoms. The third kappa shape index (κ3) is 2.87. The van der Waals surface area contributed by atoms with Crippen molar-refractivity contribution in [3.05, 3.63) is 43.9 Å². The van der Waals surface area contributed by atoms with Crippen LogP contribution in [0.2, 0.25) is 0 Å². The van der Waals surface area contributed by atoms with E-state index in [4.69, 9.17) is 0 Å². The van der Waals surface area contributed by atoms with E-state index in [0.29, 0.717) is 0 Å². The highest BCUT2D eigenvalue weighted by Gasteiger charge is 2.12. The molecule has 0 spiro atoms. The summed E-state index contributed by atoms with van der Waals surface area (Å²) < 4.78 is 1.84. The van der Waals surface area contributed by atoms with Crippen LogP contribution >= 0.6 is 0 Å². The summed E-state index contributed by atoms with van der Waals surface area (Å²) in [5, 5.41) is 13.7. The SMILES string of the molecule is Cc1cc(C)nc(NN=Cc2c(O)n(C)c(=O)n(C)c2=O)n1. The summed E-state index contributed by atoms with van der Waals surface area (Å²) in [6, 6.07) is 1.81. The smallest absolute Gasteiger partial charge is 0.333 e. The minimum absolute atomic E-state index is 0.110. The molecule has 0 saturated heterocycles. The van der Waals surface area contributed by atoms with Crippen LogP contribution in [-0.2, 0) is 14.1 Å². The van der Waals surface area contributed by atoms with Crippen LogP contribution in [0.15, 0.2) is 20.8 Å². The van der Waals surface area contributed by atoms with E-state index in [1.54, 1.807) is 0 Å². The number of aryl methyl sites for hydroxylation is 2. The van der Waals surface area contributed by atoms with Gasteiger partial charge in [0, 0.05) is 25.5 Å². The van der Waals surface area contributed by atoms with Gasteiger partial charge in [-0.2, -0.15) is 5.10 Å². The van der Waals surface area contributed by atoms with E-state index < -0.39 is 17.1 Å². The van der Waals surface area contributed by atoms with Gasteiger partial charge in [0.1, 0.15) is 5.56 Å². The van der Waals surface area contributed by atoms with Crippen molar-refractivity contribution in [1.29, 1.82) is 0 Å². The van der Waals surface area contributed by atoms with Gasteiger partial charge in [-0.15, -0.1) is 0 Å². The van der Waals surface area contributed by atoms with Crippen molar-refractivity contribution in [2.75, 3.05) is 5.43 Å². The van der Waals surface area contributed by atoms with Crippen molar-refractivity contribution >= 4 is 12.2 Å². The Kier molecular flexibility index (Phi) is 4.06. The zero-order chi connectivity index (χ0) is 16.4. The normalized spacial score (nSPS) is 11.1. The van der Waals surface area contributed by atoms with Gasteiger partial charge in [0.15, 0.2) is 0 Å². The predicted octanol–water partition coefficient (Wildman–Crippen LogP) is -0.358. The van der Waals surface area contributed by atoms with Gasteiger partial charge >= 0.3 is 5.69 Å². The van der Waals surface area contributed by atoms with E-state index in [1.807, 2.05) is 19.9 Å². The second kappa shape index (κ2) is 5.80. The second-order valence-corrected chi connectivity index (χ2v) is 4.79. The highest BCUT2D eigenvalue weighted by Crippen LogP contribution is 2.07. The number of hydrogen-bond acceptors (Lipinski definition) is 7. The first-order valence-corrected chi connectivity index (χ1v) is 6.41. The van der Waals surface area contributed by atoms with Gasteiger partial charge in [0.05, 0.1) is 6.21 Å². The van der Waals surface area contributed by atoms with Crippen LogP contribution in [0.3, 0.4) is 0 Å². The summed E-state index contributed by atoms with van der Waals surface area (Å²) in [6.07, 6.45) is 1.12. The van der Waals surface area contributed by atoms with Crippen molar-refractivity contribution < 1.29 is 5.11 Å². The summed E-state index contributed by atoms with van der Waals surface area (Å²) in [4.78, 5) is 31.8. The van der Waals surface area contributed by atoms with Crippen LogP contribution in [0.5, 0.6) is 5.88 Å². The Labute approximate surface area is 125 Å². The first kappa shape index (κ1) is 15.4. The Hall–Kier alpha value is -2.97. The van der Waals surface area contributed by atoms with Crippen LogP contribution < -0.4 is 16.7 Å². The zero-order valence-corrected chi connectivity index (χ0v) is 12.7. The molecule has 9 heteroatoms. The first-order valence-electron chi connectivity index (χ1n) is 6.41. The molecule has 2 rings (SSSR count). The number of aromatic nitrogens is 4. The van der Waals surface area contributed by atoms with Crippen molar-refractivity contribution in [3.8, 4) is 5.88 Å². The maximum atomic E-state index is 12.0. The van der Waals surface area contributed by atoms with E-state index in [-0.39, 0.29) is 11.5 Å². The largest absolute Gasteiger partial charge is 0.494 e. The molecule has 0 radical (unpaired) electrons. The molecule has 0 amide bonds. The summed E-state index contributed by atoms with van der Waals surface area (Å²) in [5.74, 6) is -0.185. The first-order chi connectivity index (χ1) is 10.3. The number of anilines is 1. The Morgan fingerprint density at radius 1 is 1.18 bits per heavy atom. The van der Waals surface area contributed by atoms with Crippen LogP contribution in [0.1, 0.15) is 17.0 Å². The summed E-state index contributed by atoms with van der Waals surface area (Å²) in [7, 11) is 2.68. The molecule has 0 aliphatic carbocycles. The molecule has 0 aromatic carbocycles. The fraction of sp³-hybridized carbons (Fsp3) is 0.308. The topological polar surface area (TPSA) is 114 Å². The number of hydrazone groups is 1. The molecule has 0 aliphatic heterocycles. The van der Waals surface area contributed by atoms with Crippen LogP contribution in [-0.4, -0.2) is 30.4 Å². The van der Waals surface area contributed by atoms with Gasteiger partial charge in [-0.25, -0.2) is 20.2 Å². The lowest BCUT2D eigenvalue weighted by molar-refractivity contribution is 0.410. The molecule has 0 aliphatic rings. The van der Waals surface area contributed by atoms with Crippen molar-refractivity contribution in [1.82, 2.24) is 19.1 Å². The minimum atomic E-state index is -0.646. The molecule has 0 saturated carbocycles. The molecule has 0 atom stereocenters. The minimum Gasteiger partial charge on any atom is -0.494 e. The van der Waals surface area contributed by atoms with Crippen molar-refractivity contribution in [2.24, 2.45) is 19.2 Å². The summed E-state index contributed by atoms with van der Waals surface area (Å²) >= 11 is 0. The maximum absolute atomic E-state index is 12.0. The zero-order valence-electron chi connectivity index (χ0n) is 12.7. The van der Waals surface area contributed by atoms with Gasteiger partial charge in [-0.05, 0) is 19.9 Å². The molecule has 2 heterocycles. The summed E-state index contributed by atoms with van der Waals surface area (Å²) in [5.41, 5.74) is 2.75. The van der Waals surface area contributed by atoms with E-state index >= 15 is 0 Å². The monoisotopic (exact) mass is 304 g/mol. The number of hydrogen-bond donors (Lipinski definition) is 2. The van der Waals surface area contributed by atoms with E-state index in [9.17, 15) is 14.7 Å². The van der Waals surface area contributed by atoms with Crippen molar-refractivity contribution in [2.45, 2.75) is 13.8 Å². The molecular weight excluding hydrogens is 288 g/mol. The Morgan fingerprint density at radius 2 is 1.77 bits per heavy atom. The molecule has 116 valence electrons. The Morgan fingerprint density at radius 3 is 2.36 bits per heavy atom. The van der Waals surface area contributed by atoms with E-state index in [0.717, 1.165) is 26.7 Å². The maximum Gasteiger partial charge on any atom is 0.333 e. The molecule has 2 aromatic heterocycles. The Balaban J connectivity index is 2.35. The number of aromatic hydroxyl groups is 1. The van der Waals surface area contributed by atoms with E-state index in [2.05, 4.69) is 20.5 Å². The third-order valence-corrected chi connectivity index (χ3v) is 3.01. The highest BCUT2D eigenvalue weighted by molar-refractivity contribution is 5.82. The van der Waals surface area contributed by atoms with Gasteiger partial charge in [-0.3, -0.25) is 13.9 Å². The lowest BCUT2D eigenvalue weighted by Crippen LogP contribution is -2.38. The molecule has 0 unspecified atom stereocenters. The third-order valence-electron chi connectivity index (χ3n) is 3.01. The van der Waals surface area contributed by atoms with Crippen LogP contribution in [0.4, 0.5) is 5.95 Å². The number of nitrogens with one attached hydrogen (secondary N) is 1. The van der Waals surface area contributed by atoms with Gasteiger partial charge < -0.3 is 5.11 Å². The number of nitrogens with zero attached hydrogens (tertiary/aromatic N) is 5. The lowest BCUT2D eigenvalue weighted by Gasteiger charge is -2.07. The average molecular weight is 304 g/mol. The molecule has 2 N–H and O–H groups in total. The van der Waals surface area contributed by atoms with Crippen LogP contribution in [0, 0.1) is 13.8 Å². The standard InChI is InChI=1S/C13H16N6O3/c1-7-5-8(2)16-12(15-7)17-14-6-9-10(20)18(3)13(22)19(4)11(9)21/h5-6,20H,1-4H3,(H,15,16,17). The van der Waals surface area contributed by atoms with E-state index in [1.165, 1.54) is 14.1 Å². The fourth-order valence-corrected chi connectivity index (χ4v) is 1.90. The molecule has 0 fully saturated rings. The number of rotatable bonds is 3. The predicted molar refractivity (Wildman–Crippen MR) is 81.3 cm³/mol. The van der Waals surface area contributed by atoms with Gasteiger partial charge in [0.25, 0.3) is 5.56 Å². The second-order valence-electron chi connectivity index (χ2n) is 4.79. The fourth-order valence-electron chi connectivity index (χ4n) is 1.90. The lowest BCUT2D eigenvalue weighted by atomic mass is 10.3. The average Bonchev–Trinajstić information content (AvgIpc) is 2.46. The van der Waals surface area contributed by atoms with Crippen molar-refractivity contribution in [3.63, 3.8) is 0 Å². The highest BCUT2D eigenvalue weighted by atomic mass is 16.3. The molecule has 2 aromatic rings. The molecule has 9 nitrogen and oxygen atoms in total. The Bertz CT molecular complexity index is 845. The van der Waals surface area contributed by atoms with Gasteiger partial charge in [0.2, 0.25) is 11.8 Å². The molecular formula is C13H16N6O3. The molecule has 0 bridgehead atoms. The van der Waals surface area contributed by atoms with Gasteiger partial charge in [-0.1, -0.05) is 0 Å². The summed E-state index contributed by atoms with van der Waals surface area (Å²) in [6.45, 7) is 3.64. The van der Waals surface area contributed by atoms with Crippen LogP contribution in [0.25, 0.3) is 0 Å².